The average molecular weight is 447 g/mol. The summed E-state index contributed by atoms with van der Waals surface area (Å²) >= 11 is 0. The number of amides is 1. The maximum Gasteiger partial charge on any atom is 0.409 e. The summed E-state index contributed by atoms with van der Waals surface area (Å²) in [7, 11) is 1.73. The third-order valence-corrected chi connectivity index (χ3v) is 6.66. The zero-order valence-corrected chi connectivity index (χ0v) is 19.8. The fourth-order valence-corrected chi connectivity index (χ4v) is 4.81. The first-order chi connectivity index (χ1) is 16.1. The van der Waals surface area contributed by atoms with Crippen LogP contribution in [-0.2, 0) is 11.3 Å². The van der Waals surface area contributed by atoms with Crippen LogP contribution in [0.4, 0.5) is 4.79 Å². The van der Waals surface area contributed by atoms with E-state index in [0.717, 1.165) is 25.1 Å². The van der Waals surface area contributed by atoms with Crippen molar-refractivity contribution in [2.24, 2.45) is 0 Å². The lowest BCUT2D eigenvalue weighted by Crippen LogP contribution is -2.38. The van der Waals surface area contributed by atoms with E-state index in [4.69, 9.17) is 9.47 Å². The first kappa shape index (κ1) is 23.1. The molecular formula is C28H34N2O3. The largest absolute Gasteiger partial charge is 0.496 e. The highest BCUT2D eigenvalue weighted by molar-refractivity contribution is 5.86. The van der Waals surface area contributed by atoms with Crippen LogP contribution in [0.25, 0.3) is 10.8 Å². The van der Waals surface area contributed by atoms with Gasteiger partial charge in [-0.1, -0.05) is 54.6 Å². The van der Waals surface area contributed by atoms with Gasteiger partial charge < -0.3 is 19.7 Å². The molecule has 1 aliphatic rings. The molecule has 0 unspecified atom stereocenters. The maximum absolute atomic E-state index is 12.0. The third kappa shape index (κ3) is 5.31. The number of carbonyl (C=O) groups excluding carboxylic acids is 1. The van der Waals surface area contributed by atoms with Crippen LogP contribution in [0.1, 0.15) is 55.3 Å². The van der Waals surface area contributed by atoms with Gasteiger partial charge >= 0.3 is 6.09 Å². The minimum absolute atomic E-state index is 0.205. The fraction of sp³-hybridized carbons (Fsp3) is 0.393. The molecule has 1 aliphatic heterocycles. The number of fused-ring (bicyclic) bond motifs is 1. The van der Waals surface area contributed by atoms with E-state index in [2.05, 4.69) is 72.9 Å². The molecule has 33 heavy (non-hydrogen) atoms. The van der Waals surface area contributed by atoms with Crippen LogP contribution in [-0.4, -0.2) is 37.8 Å². The molecule has 5 heteroatoms. The van der Waals surface area contributed by atoms with Crippen LogP contribution < -0.4 is 10.1 Å². The molecule has 0 aromatic heterocycles. The molecule has 0 spiro atoms. The molecule has 0 saturated carbocycles. The van der Waals surface area contributed by atoms with Gasteiger partial charge in [0.15, 0.2) is 0 Å². The van der Waals surface area contributed by atoms with E-state index in [-0.39, 0.29) is 12.1 Å². The van der Waals surface area contributed by atoms with Gasteiger partial charge in [0.1, 0.15) is 5.75 Å². The summed E-state index contributed by atoms with van der Waals surface area (Å²) in [6.45, 7) is 6.69. The Bertz CT molecular complexity index is 1080. The van der Waals surface area contributed by atoms with E-state index < -0.39 is 0 Å². The molecule has 0 radical (unpaired) electrons. The Hall–Kier alpha value is -3.05. The van der Waals surface area contributed by atoms with Crippen LogP contribution in [0.15, 0.2) is 60.7 Å². The van der Waals surface area contributed by atoms with Crippen molar-refractivity contribution in [3.8, 4) is 5.75 Å². The lowest BCUT2D eigenvalue weighted by molar-refractivity contribution is 0.0969. The summed E-state index contributed by atoms with van der Waals surface area (Å²) in [6, 6.07) is 21.7. The molecule has 5 nitrogen and oxygen atoms in total. The van der Waals surface area contributed by atoms with Crippen molar-refractivity contribution in [3.05, 3.63) is 77.4 Å². The number of rotatable bonds is 7. The van der Waals surface area contributed by atoms with Crippen LogP contribution in [0.2, 0.25) is 0 Å². The number of likely N-dealkylation sites (tertiary alicyclic amines) is 1. The van der Waals surface area contributed by atoms with E-state index in [1.54, 1.807) is 7.11 Å². The summed E-state index contributed by atoms with van der Waals surface area (Å²) in [4.78, 5) is 13.8. The molecule has 1 atom stereocenters. The lowest BCUT2D eigenvalue weighted by atomic mass is 9.88. The molecule has 1 heterocycles. The van der Waals surface area contributed by atoms with Gasteiger partial charge in [0.05, 0.1) is 13.7 Å². The highest BCUT2D eigenvalue weighted by atomic mass is 16.6. The number of methoxy groups -OCH3 is 1. The number of ether oxygens (including phenoxy) is 2. The van der Waals surface area contributed by atoms with Crippen molar-refractivity contribution >= 4 is 16.9 Å². The Morgan fingerprint density at radius 3 is 2.61 bits per heavy atom. The van der Waals surface area contributed by atoms with Crippen molar-refractivity contribution in [2.45, 2.75) is 45.2 Å². The number of piperidine rings is 1. The quantitative estimate of drug-likeness (QED) is 0.481. The predicted molar refractivity (Wildman–Crippen MR) is 133 cm³/mol. The summed E-state index contributed by atoms with van der Waals surface area (Å²) in [5.74, 6) is 1.30. The molecule has 3 aromatic carbocycles. The average Bonchev–Trinajstić information content (AvgIpc) is 2.87. The number of benzene rings is 3. The molecule has 4 rings (SSSR count). The van der Waals surface area contributed by atoms with Crippen LogP contribution in [0.3, 0.4) is 0 Å². The van der Waals surface area contributed by atoms with E-state index in [1.807, 2.05) is 11.8 Å². The topological polar surface area (TPSA) is 50.8 Å². The molecule has 3 aromatic rings. The van der Waals surface area contributed by atoms with Crippen molar-refractivity contribution < 1.29 is 14.3 Å². The summed E-state index contributed by atoms with van der Waals surface area (Å²) in [6.07, 6.45) is 1.62. The van der Waals surface area contributed by atoms with Crippen molar-refractivity contribution in [3.63, 3.8) is 0 Å². The Kier molecular flexibility index (Phi) is 7.50. The molecule has 0 aliphatic carbocycles. The number of nitrogens with one attached hydrogen (secondary N) is 1. The zero-order chi connectivity index (χ0) is 23.2. The maximum atomic E-state index is 12.0. The third-order valence-electron chi connectivity index (χ3n) is 6.66. The zero-order valence-electron chi connectivity index (χ0n) is 19.8. The van der Waals surface area contributed by atoms with Gasteiger partial charge in [0.2, 0.25) is 0 Å². The second-order valence-electron chi connectivity index (χ2n) is 8.71. The minimum atomic E-state index is -0.205. The van der Waals surface area contributed by atoms with Gasteiger partial charge in [-0.15, -0.1) is 0 Å². The first-order valence-corrected chi connectivity index (χ1v) is 11.9. The van der Waals surface area contributed by atoms with Gasteiger partial charge in [-0.25, -0.2) is 4.79 Å². The summed E-state index contributed by atoms with van der Waals surface area (Å²) in [5.41, 5.74) is 3.79. The Morgan fingerprint density at radius 2 is 1.85 bits per heavy atom. The Labute approximate surface area is 196 Å². The van der Waals surface area contributed by atoms with Crippen LogP contribution >= 0.6 is 0 Å². The van der Waals surface area contributed by atoms with E-state index in [0.29, 0.717) is 25.6 Å². The molecular weight excluding hydrogens is 412 g/mol. The summed E-state index contributed by atoms with van der Waals surface area (Å²) < 4.78 is 10.8. The van der Waals surface area contributed by atoms with E-state index in [1.165, 1.54) is 27.5 Å². The Morgan fingerprint density at radius 1 is 1.09 bits per heavy atom. The number of carbonyl (C=O) groups is 1. The van der Waals surface area contributed by atoms with Gasteiger partial charge in [0.25, 0.3) is 0 Å². The molecule has 1 fully saturated rings. The minimum Gasteiger partial charge on any atom is -0.496 e. The van der Waals surface area contributed by atoms with Crippen LogP contribution in [0, 0.1) is 0 Å². The van der Waals surface area contributed by atoms with Crippen molar-refractivity contribution in [2.75, 3.05) is 26.8 Å². The van der Waals surface area contributed by atoms with E-state index >= 15 is 0 Å². The van der Waals surface area contributed by atoms with Crippen molar-refractivity contribution in [1.82, 2.24) is 10.2 Å². The number of nitrogens with zero attached hydrogens (tertiary/aromatic N) is 1. The van der Waals surface area contributed by atoms with Crippen molar-refractivity contribution in [1.29, 1.82) is 0 Å². The number of hydrogen-bond acceptors (Lipinski definition) is 4. The summed E-state index contributed by atoms with van der Waals surface area (Å²) in [5, 5.41) is 6.26. The SMILES string of the molecule is CCOC(=O)N1CCC(c2cc(CN[C@H](C)c3cccc4ccccc34)ccc2OC)CC1. The van der Waals surface area contributed by atoms with E-state index in [9.17, 15) is 4.79 Å². The van der Waals surface area contributed by atoms with Gasteiger partial charge in [0, 0.05) is 25.7 Å². The Balaban J connectivity index is 1.44. The molecule has 1 saturated heterocycles. The molecule has 1 amide bonds. The second kappa shape index (κ2) is 10.7. The molecule has 0 bridgehead atoms. The standard InChI is InChI=1S/C28H34N2O3/c1-4-33-28(31)30-16-14-23(15-17-30)26-18-21(12-13-27(26)32-3)19-29-20(2)24-11-7-9-22-8-5-6-10-25(22)24/h5-13,18,20,23,29H,4,14-17,19H2,1-3H3/t20-/m1/s1. The normalized spacial score (nSPS) is 15.4. The molecule has 1 N–H and O–H groups in total. The number of hydrogen-bond donors (Lipinski definition) is 1. The van der Waals surface area contributed by atoms with Crippen LogP contribution in [0.5, 0.6) is 5.75 Å². The highest BCUT2D eigenvalue weighted by Gasteiger charge is 2.26. The first-order valence-electron chi connectivity index (χ1n) is 11.9. The predicted octanol–water partition coefficient (Wildman–Crippen LogP) is 6.04. The van der Waals surface area contributed by atoms with Gasteiger partial charge in [-0.3, -0.25) is 0 Å². The lowest BCUT2D eigenvalue weighted by Gasteiger charge is -2.32. The second-order valence-corrected chi connectivity index (χ2v) is 8.71. The van der Waals surface area contributed by atoms with Gasteiger partial charge in [-0.05, 0) is 66.1 Å². The highest BCUT2D eigenvalue weighted by Crippen LogP contribution is 2.35. The fourth-order valence-electron chi connectivity index (χ4n) is 4.81. The van der Waals surface area contributed by atoms with Gasteiger partial charge in [-0.2, -0.15) is 0 Å². The smallest absolute Gasteiger partial charge is 0.409 e. The molecule has 174 valence electrons. The monoisotopic (exact) mass is 446 g/mol.